The molecule has 0 unspecified atom stereocenters. The maximum Gasteiger partial charge on any atom is 0.466 e. The van der Waals surface area contributed by atoms with Gasteiger partial charge in [-0.2, -0.15) is 4.37 Å². The highest BCUT2D eigenvalue weighted by atomic mass is 32.1. The molecule has 1 aromatic rings. The quantitative estimate of drug-likeness (QED) is 0.159. The molecule has 0 saturated carbocycles. The first kappa shape index (κ1) is 32.4. The molecule has 0 spiro atoms. The number of amides is 1. The van der Waals surface area contributed by atoms with Gasteiger partial charge in [0.25, 0.3) is 5.91 Å². The molecule has 1 fully saturated rings. The molecule has 31 heavy (non-hydrogen) atoms. The van der Waals surface area contributed by atoms with Crippen LogP contribution in [0.25, 0.3) is 0 Å². The molecule has 19 nitrogen and oxygen atoms in total. The van der Waals surface area contributed by atoms with Crippen LogP contribution in [0.5, 0.6) is 0 Å². The number of primary amides is 1. The number of rotatable bonds is 2. The highest BCUT2D eigenvalue weighted by molar-refractivity contribution is 7.45. The van der Waals surface area contributed by atoms with Gasteiger partial charge in [-0.3, -0.25) is 4.79 Å². The number of phosphoric acid groups is 3. The zero-order valence-electron chi connectivity index (χ0n) is 15.0. The van der Waals surface area contributed by atoms with Crippen LogP contribution in [-0.2, 0) is 18.4 Å². The Bertz CT molecular complexity index is 759. The van der Waals surface area contributed by atoms with Gasteiger partial charge in [0.1, 0.15) is 23.3 Å². The third-order valence-electron chi connectivity index (χ3n) is 2.41. The van der Waals surface area contributed by atoms with Crippen LogP contribution in [0.2, 0.25) is 0 Å². The third-order valence-corrected chi connectivity index (χ3v) is 3.18. The van der Waals surface area contributed by atoms with Crippen molar-refractivity contribution in [2.24, 2.45) is 5.73 Å². The third kappa shape index (κ3) is 20.9. The summed E-state index contributed by atoms with van der Waals surface area (Å²) in [5.41, 5.74) is 5.01. The highest BCUT2D eigenvalue weighted by Crippen LogP contribution is 2.34. The number of hydrogen-bond donors (Lipinski definition) is 12. The molecule has 184 valence electrons. The van der Waals surface area contributed by atoms with Crippen LogP contribution in [0, 0.1) is 0 Å². The standard InChI is InChI=1S/C8H11N3O4S.3H3O4P/c1-2-3(12)4(13)5(15-2)8-10-7(6(9)14)11-16-8;3*1-5(2,3)4/h2-5,12-13H,1H3,(H2,9,14);3*(H3,1,2,3,4)/t2-,3-,4-,5-;;;/m1.../s1. The number of aliphatic hydroxyl groups excluding tert-OH is 2. The van der Waals surface area contributed by atoms with Gasteiger partial charge in [-0.1, -0.05) is 0 Å². The maximum absolute atomic E-state index is 10.8. The van der Waals surface area contributed by atoms with Crippen LogP contribution in [0.1, 0.15) is 28.7 Å². The largest absolute Gasteiger partial charge is 0.466 e. The van der Waals surface area contributed by atoms with E-state index in [1.165, 1.54) is 0 Å². The van der Waals surface area contributed by atoms with E-state index in [0.29, 0.717) is 5.01 Å². The van der Waals surface area contributed by atoms with Crippen molar-refractivity contribution in [3.63, 3.8) is 0 Å². The van der Waals surface area contributed by atoms with Crippen LogP contribution in [0.15, 0.2) is 0 Å². The molecular weight excluding hydrogens is 519 g/mol. The Kier molecular flexibility index (Phi) is 13.7. The summed E-state index contributed by atoms with van der Waals surface area (Å²) in [7, 11) is -13.9. The second-order valence-corrected chi connectivity index (χ2v) is 8.97. The van der Waals surface area contributed by atoms with Crippen LogP contribution >= 0.6 is 35.0 Å². The number of ether oxygens (including phenoxy) is 1. The molecule has 0 aliphatic carbocycles. The van der Waals surface area contributed by atoms with Crippen molar-refractivity contribution in [2.75, 3.05) is 0 Å². The lowest BCUT2D eigenvalue weighted by atomic mass is 10.1. The fraction of sp³-hybridized carbons (Fsp3) is 0.625. The summed E-state index contributed by atoms with van der Waals surface area (Å²) in [6, 6.07) is 0. The number of aliphatic hydroxyl groups is 2. The Hall–Kier alpha value is -0.760. The van der Waals surface area contributed by atoms with Gasteiger partial charge in [-0.15, -0.1) is 0 Å². The number of nitrogens with zero attached hydrogens (tertiary/aromatic N) is 2. The van der Waals surface area contributed by atoms with E-state index in [-0.39, 0.29) is 5.82 Å². The Morgan fingerprint density at radius 3 is 1.48 bits per heavy atom. The summed E-state index contributed by atoms with van der Waals surface area (Å²) in [5.74, 6) is -0.839. The molecule has 0 radical (unpaired) electrons. The summed E-state index contributed by atoms with van der Waals surface area (Å²) >= 11 is 0.925. The number of carbonyl (C=O) groups excluding carboxylic acids is 1. The minimum atomic E-state index is -4.64. The van der Waals surface area contributed by atoms with E-state index < -0.39 is 53.8 Å². The molecule has 4 atom stereocenters. The van der Waals surface area contributed by atoms with Gasteiger partial charge in [0.2, 0.25) is 5.82 Å². The van der Waals surface area contributed by atoms with Crippen LogP contribution in [0.3, 0.4) is 0 Å². The molecule has 2 heterocycles. The van der Waals surface area contributed by atoms with E-state index in [9.17, 15) is 15.0 Å². The molecule has 13 N–H and O–H groups in total. The summed E-state index contributed by atoms with van der Waals surface area (Å²) < 4.78 is 35.7. The molecule has 23 heteroatoms. The first-order valence-electron chi connectivity index (χ1n) is 7.00. The van der Waals surface area contributed by atoms with Crippen molar-refractivity contribution in [1.29, 1.82) is 0 Å². The smallest absolute Gasteiger partial charge is 0.388 e. The van der Waals surface area contributed by atoms with Gasteiger partial charge in [0.05, 0.1) is 6.10 Å². The fourth-order valence-corrected chi connectivity index (χ4v) is 2.24. The summed E-state index contributed by atoms with van der Waals surface area (Å²) in [4.78, 5) is 79.3. The monoisotopic (exact) mass is 539 g/mol. The average Bonchev–Trinajstić information content (AvgIpc) is 3.03. The lowest BCUT2D eigenvalue weighted by molar-refractivity contribution is 0.0149. The van der Waals surface area contributed by atoms with Crippen molar-refractivity contribution in [3.05, 3.63) is 10.8 Å². The zero-order chi connectivity index (χ0) is 25.4. The lowest BCUT2D eigenvalue weighted by Crippen LogP contribution is -2.28. The summed E-state index contributed by atoms with van der Waals surface area (Å²) in [6.07, 6.45) is -3.27. The van der Waals surface area contributed by atoms with E-state index >= 15 is 0 Å². The van der Waals surface area contributed by atoms with Gasteiger partial charge >= 0.3 is 23.5 Å². The SMILES string of the molecule is C[C@H]1O[C@@H](c2nc(C(N)=O)ns2)[C@H](O)[C@@H]1O.O=P(O)(O)O.O=P(O)(O)O.O=P(O)(O)O. The van der Waals surface area contributed by atoms with E-state index in [0.717, 1.165) is 11.5 Å². The predicted molar refractivity (Wildman–Crippen MR) is 96.5 cm³/mol. The van der Waals surface area contributed by atoms with E-state index in [1.54, 1.807) is 6.92 Å². The summed E-state index contributed by atoms with van der Waals surface area (Å²) in [6.45, 7) is 1.64. The molecule has 2 rings (SSSR count). The normalized spacial score (nSPS) is 23.4. The van der Waals surface area contributed by atoms with Crippen molar-refractivity contribution in [2.45, 2.75) is 31.3 Å². The molecule has 1 amide bonds. The first-order chi connectivity index (χ1) is 13.5. The molecule has 1 aliphatic heterocycles. The van der Waals surface area contributed by atoms with Crippen molar-refractivity contribution in [3.8, 4) is 0 Å². The van der Waals surface area contributed by atoms with Crippen molar-refractivity contribution in [1.82, 2.24) is 9.36 Å². The Morgan fingerprint density at radius 1 is 0.903 bits per heavy atom. The summed E-state index contributed by atoms with van der Waals surface area (Å²) in [5, 5.41) is 19.5. The number of nitrogens with two attached hydrogens (primary N) is 1. The van der Waals surface area contributed by atoms with Gasteiger partial charge < -0.3 is 64.7 Å². The van der Waals surface area contributed by atoms with Crippen LogP contribution in [-0.4, -0.2) is 87.8 Å². The molecule has 0 bridgehead atoms. The molecule has 0 aromatic carbocycles. The second kappa shape index (κ2) is 13.1. The van der Waals surface area contributed by atoms with Gasteiger partial charge in [-0.05, 0) is 18.5 Å². The van der Waals surface area contributed by atoms with Crippen LogP contribution in [0.4, 0.5) is 0 Å². The van der Waals surface area contributed by atoms with Gasteiger partial charge in [-0.25, -0.2) is 18.7 Å². The van der Waals surface area contributed by atoms with E-state index in [1.807, 2.05) is 0 Å². The fourth-order valence-electron chi connectivity index (χ4n) is 1.50. The number of aromatic nitrogens is 2. The number of carbonyl (C=O) groups is 1. The first-order valence-corrected chi connectivity index (χ1v) is 12.5. The Balaban J connectivity index is 0. The van der Waals surface area contributed by atoms with Crippen molar-refractivity contribution >= 4 is 40.9 Å². The zero-order valence-corrected chi connectivity index (χ0v) is 18.5. The van der Waals surface area contributed by atoms with Crippen LogP contribution < -0.4 is 5.73 Å². The Labute approximate surface area is 176 Å². The van der Waals surface area contributed by atoms with Crippen molar-refractivity contribution < 1.29 is 77.5 Å². The minimum Gasteiger partial charge on any atom is -0.388 e. The predicted octanol–water partition coefficient (Wildman–Crippen LogP) is -3.97. The van der Waals surface area contributed by atoms with E-state index in [4.69, 9.17) is 68.2 Å². The topological polar surface area (TPSA) is 352 Å². The number of hydrogen-bond acceptors (Lipinski definition) is 10. The maximum atomic E-state index is 10.8. The molecule has 1 saturated heterocycles. The second-order valence-electron chi connectivity index (χ2n) is 5.10. The Morgan fingerprint density at radius 2 is 1.26 bits per heavy atom. The van der Waals surface area contributed by atoms with Gasteiger partial charge in [0, 0.05) is 0 Å². The average molecular weight is 539 g/mol. The molecule has 1 aliphatic rings. The highest BCUT2D eigenvalue weighted by Gasteiger charge is 2.42. The minimum absolute atomic E-state index is 0.107. The lowest BCUT2D eigenvalue weighted by Gasteiger charge is -2.10. The molecule has 1 aromatic heterocycles. The van der Waals surface area contributed by atoms with Gasteiger partial charge in [0.15, 0.2) is 0 Å². The van der Waals surface area contributed by atoms with E-state index in [2.05, 4.69) is 9.36 Å². The molecular formula is C8H20N3O16P3S.